The first-order valence-corrected chi connectivity index (χ1v) is 5.06. The second-order valence-electron chi connectivity index (χ2n) is 3.66. The molecular weight excluding hydrogens is 223 g/mol. The average Bonchev–Trinajstić information content (AvgIpc) is 2.58. The van der Waals surface area contributed by atoms with Crippen LogP contribution in [0.15, 0.2) is 12.1 Å². The lowest BCUT2D eigenvalue weighted by Gasteiger charge is -2.09. The van der Waals surface area contributed by atoms with E-state index in [4.69, 9.17) is 10.5 Å². The Balaban J connectivity index is 2.63. The molecule has 0 amide bonds. The highest BCUT2D eigenvalue weighted by Crippen LogP contribution is 2.27. The van der Waals surface area contributed by atoms with Gasteiger partial charge in [-0.25, -0.2) is 14.1 Å². The molecule has 2 rings (SSSR count). The molecule has 0 saturated carbocycles. The first kappa shape index (κ1) is 11.4. The van der Waals surface area contributed by atoms with Crippen molar-refractivity contribution in [3.63, 3.8) is 0 Å². The van der Waals surface area contributed by atoms with E-state index in [2.05, 4.69) is 10.1 Å². The van der Waals surface area contributed by atoms with E-state index < -0.39 is 5.82 Å². The zero-order chi connectivity index (χ0) is 12.6. The molecule has 0 aliphatic heterocycles. The topological polar surface area (TPSA) is 66.0 Å². The van der Waals surface area contributed by atoms with Crippen molar-refractivity contribution in [1.82, 2.24) is 14.8 Å². The fraction of sp³-hybridized carbons (Fsp3) is 0.273. The molecular formula is C11H13FN4O. The number of hydrogen-bond acceptors (Lipinski definition) is 4. The molecule has 2 aromatic rings. The number of aromatic nitrogens is 3. The fourth-order valence-electron chi connectivity index (χ4n) is 1.65. The summed E-state index contributed by atoms with van der Waals surface area (Å²) in [6.07, 6.45) is 0. The number of hydrogen-bond donors (Lipinski definition) is 1. The number of anilines is 1. The third kappa shape index (κ3) is 1.93. The van der Waals surface area contributed by atoms with E-state index >= 15 is 0 Å². The molecule has 0 aliphatic carbocycles. The van der Waals surface area contributed by atoms with Gasteiger partial charge in [0.05, 0.1) is 12.8 Å². The van der Waals surface area contributed by atoms with Crippen molar-refractivity contribution < 1.29 is 9.13 Å². The van der Waals surface area contributed by atoms with Gasteiger partial charge in [-0.05, 0) is 13.8 Å². The van der Waals surface area contributed by atoms with Crippen molar-refractivity contribution in [3.8, 4) is 11.4 Å². The number of nitrogens with zero attached hydrogens (tertiary/aromatic N) is 3. The number of rotatable bonds is 2. The largest absolute Gasteiger partial charge is 0.495 e. The van der Waals surface area contributed by atoms with Crippen LogP contribution >= 0.6 is 0 Å². The molecule has 0 saturated heterocycles. The molecule has 0 unspecified atom stereocenters. The smallest absolute Gasteiger partial charge is 0.151 e. The van der Waals surface area contributed by atoms with Gasteiger partial charge in [0.25, 0.3) is 0 Å². The van der Waals surface area contributed by atoms with E-state index in [0.29, 0.717) is 17.4 Å². The highest BCUT2D eigenvalue weighted by atomic mass is 19.1. The number of benzene rings is 1. The molecule has 6 heteroatoms. The van der Waals surface area contributed by atoms with Gasteiger partial charge < -0.3 is 10.5 Å². The molecule has 0 aliphatic rings. The van der Waals surface area contributed by atoms with Crippen LogP contribution in [0.4, 0.5) is 10.1 Å². The number of nitrogens with two attached hydrogens (primary N) is 1. The van der Waals surface area contributed by atoms with Gasteiger partial charge in [-0.3, -0.25) is 0 Å². The molecule has 5 nitrogen and oxygen atoms in total. The Hall–Kier alpha value is -2.11. The summed E-state index contributed by atoms with van der Waals surface area (Å²) in [6.45, 7) is 3.50. The van der Waals surface area contributed by atoms with Gasteiger partial charge in [-0.1, -0.05) is 0 Å². The molecule has 0 atom stereocenters. The highest BCUT2D eigenvalue weighted by Gasteiger charge is 2.13. The summed E-state index contributed by atoms with van der Waals surface area (Å²) in [5, 5.41) is 4.12. The van der Waals surface area contributed by atoms with Crippen molar-refractivity contribution in [2.45, 2.75) is 13.8 Å². The minimum atomic E-state index is -0.462. The summed E-state index contributed by atoms with van der Waals surface area (Å²) in [4.78, 5) is 4.12. The van der Waals surface area contributed by atoms with Gasteiger partial charge >= 0.3 is 0 Å². The molecule has 17 heavy (non-hydrogen) atoms. The SMILES string of the molecule is COc1cc(-n2nc(C)nc2C)c(F)cc1N. The lowest BCUT2D eigenvalue weighted by Crippen LogP contribution is -2.04. The molecule has 1 aromatic heterocycles. The standard InChI is InChI=1S/C11H13FN4O/c1-6-14-7(2)16(15-6)10-5-11(17-3)9(13)4-8(10)12/h4-5H,13H2,1-3H3. The number of methoxy groups -OCH3 is 1. The van der Waals surface area contributed by atoms with E-state index in [1.54, 1.807) is 13.8 Å². The second-order valence-corrected chi connectivity index (χ2v) is 3.66. The van der Waals surface area contributed by atoms with E-state index in [9.17, 15) is 4.39 Å². The van der Waals surface area contributed by atoms with Crippen LogP contribution in [-0.4, -0.2) is 21.9 Å². The third-order valence-corrected chi connectivity index (χ3v) is 2.40. The van der Waals surface area contributed by atoms with E-state index in [1.165, 1.54) is 23.9 Å². The van der Waals surface area contributed by atoms with Crippen LogP contribution in [0.1, 0.15) is 11.6 Å². The molecule has 2 N–H and O–H groups in total. The minimum Gasteiger partial charge on any atom is -0.495 e. The maximum atomic E-state index is 13.8. The van der Waals surface area contributed by atoms with Crippen molar-refractivity contribution in [2.75, 3.05) is 12.8 Å². The van der Waals surface area contributed by atoms with Gasteiger partial charge in [0, 0.05) is 12.1 Å². The van der Waals surface area contributed by atoms with E-state index in [0.717, 1.165) is 0 Å². The summed E-state index contributed by atoms with van der Waals surface area (Å²) in [5.74, 6) is 1.14. The average molecular weight is 236 g/mol. The molecule has 0 bridgehead atoms. The summed E-state index contributed by atoms with van der Waals surface area (Å²) in [6, 6.07) is 2.72. The normalized spacial score (nSPS) is 10.6. The number of ether oxygens (including phenoxy) is 1. The first-order valence-electron chi connectivity index (χ1n) is 5.06. The highest BCUT2D eigenvalue weighted by molar-refractivity contribution is 5.58. The molecule has 0 spiro atoms. The quantitative estimate of drug-likeness (QED) is 0.804. The second kappa shape index (κ2) is 4.04. The Bertz CT molecular complexity index is 565. The van der Waals surface area contributed by atoms with Crippen LogP contribution in [0.5, 0.6) is 5.75 Å². The number of halogens is 1. The fourth-order valence-corrected chi connectivity index (χ4v) is 1.65. The summed E-state index contributed by atoms with van der Waals surface area (Å²) >= 11 is 0. The Morgan fingerprint density at radius 3 is 2.59 bits per heavy atom. The van der Waals surface area contributed by atoms with Gasteiger partial charge in [-0.2, -0.15) is 5.10 Å². The van der Waals surface area contributed by atoms with Crippen molar-refractivity contribution in [1.29, 1.82) is 0 Å². The maximum Gasteiger partial charge on any atom is 0.151 e. The summed E-state index contributed by atoms with van der Waals surface area (Å²) in [7, 11) is 1.48. The molecule has 90 valence electrons. The van der Waals surface area contributed by atoms with Gasteiger partial charge in [0.15, 0.2) is 5.82 Å². The molecule has 0 radical (unpaired) electrons. The first-order chi connectivity index (χ1) is 8.02. The Labute approximate surface area is 98.0 Å². The van der Waals surface area contributed by atoms with Crippen molar-refractivity contribution in [2.24, 2.45) is 0 Å². The number of nitrogen functional groups attached to an aromatic ring is 1. The minimum absolute atomic E-state index is 0.253. The lowest BCUT2D eigenvalue weighted by atomic mass is 10.2. The van der Waals surface area contributed by atoms with Crippen LogP contribution < -0.4 is 10.5 Å². The predicted octanol–water partition coefficient (Wildman–Crippen LogP) is 1.61. The Morgan fingerprint density at radius 1 is 1.35 bits per heavy atom. The predicted molar refractivity (Wildman–Crippen MR) is 61.8 cm³/mol. The van der Waals surface area contributed by atoms with E-state index in [1.807, 2.05) is 0 Å². The lowest BCUT2D eigenvalue weighted by molar-refractivity contribution is 0.415. The van der Waals surface area contributed by atoms with E-state index in [-0.39, 0.29) is 11.4 Å². The third-order valence-electron chi connectivity index (χ3n) is 2.40. The van der Waals surface area contributed by atoms with Crippen LogP contribution in [0.3, 0.4) is 0 Å². The van der Waals surface area contributed by atoms with Gasteiger partial charge in [0.1, 0.15) is 23.1 Å². The molecule has 1 heterocycles. The van der Waals surface area contributed by atoms with Crippen LogP contribution in [-0.2, 0) is 0 Å². The monoisotopic (exact) mass is 236 g/mol. The zero-order valence-corrected chi connectivity index (χ0v) is 9.86. The maximum absolute atomic E-state index is 13.8. The van der Waals surface area contributed by atoms with Crippen LogP contribution in [0, 0.1) is 19.7 Å². The summed E-state index contributed by atoms with van der Waals surface area (Å²) in [5.41, 5.74) is 6.14. The van der Waals surface area contributed by atoms with Crippen LogP contribution in [0.2, 0.25) is 0 Å². The van der Waals surface area contributed by atoms with Crippen LogP contribution in [0.25, 0.3) is 5.69 Å². The van der Waals surface area contributed by atoms with Crippen molar-refractivity contribution >= 4 is 5.69 Å². The zero-order valence-electron chi connectivity index (χ0n) is 9.86. The Kier molecular flexibility index (Phi) is 2.71. The van der Waals surface area contributed by atoms with Crippen molar-refractivity contribution in [3.05, 3.63) is 29.6 Å². The summed E-state index contributed by atoms with van der Waals surface area (Å²) < 4.78 is 20.3. The number of aryl methyl sites for hydroxylation is 2. The molecule has 0 fully saturated rings. The Morgan fingerprint density at radius 2 is 2.06 bits per heavy atom. The van der Waals surface area contributed by atoms with Gasteiger partial charge in [-0.15, -0.1) is 0 Å². The molecule has 1 aromatic carbocycles. The van der Waals surface area contributed by atoms with Gasteiger partial charge in [0.2, 0.25) is 0 Å².